The number of nitrogens with zero attached hydrogens (tertiary/aromatic N) is 4. The third-order valence-corrected chi connectivity index (χ3v) is 4.93. The molecule has 3 aromatic rings. The van der Waals surface area contributed by atoms with Gasteiger partial charge in [-0.15, -0.1) is 0 Å². The molecule has 0 spiro atoms. The van der Waals surface area contributed by atoms with E-state index in [0.717, 1.165) is 0 Å². The van der Waals surface area contributed by atoms with Crippen molar-refractivity contribution in [2.75, 3.05) is 14.2 Å². The zero-order chi connectivity index (χ0) is 20.5. The molecule has 0 amide bonds. The summed E-state index contributed by atoms with van der Waals surface area (Å²) in [5.41, 5.74) is 1.26. The van der Waals surface area contributed by atoms with E-state index in [1.807, 2.05) is 0 Å². The summed E-state index contributed by atoms with van der Waals surface area (Å²) in [6.07, 6.45) is 2.74. The van der Waals surface area contributed by atoms with Crippen LogP contribution in [0.15, 0.2) is 35.5 Å². The lowest BCUT2D eigenvalue weighted by molar-refractivity contribution is 0.412. The fourth-order valence-corrected chi connectivity index (χ4v) is 3.30. The van der Waals surface area contributed by atoms with E-state index in [1.165, 1.54) is 38.7 Å². The van der Waals surface area contributed by atoms with Gasteiger partial charge in [-0.25, -0.2) is 33.5 Å². The molecule has 0 radical (unpaired) electrons. The van der Waals surface area contributed by atoms with E-state index in [4.69, 9.17) is 37.8 Å². The summed E-state index contributed by atoms with van der Waals surface area (Å²) in [4.78, 5) is 15.8. The van der Waals surface area contributed by atoms with Crippen molar-refractivity contribution in [3.63, 3.8) is 0 Å². The van der Waals surface area contributed by atoms with Gasteiger partial charge in [0.1, 0.15) is 11.4 Å². The lowest BCUT2D eigenvalue weighted by Gasteiger charge is -2.13. The SMILES string of the molecule is COc1cnc(Cl)nc1-c1cc(-c2nc(Cl)ncc2OC)cc(S(N)(=O)=O)c1. The number of benzene rings is 1. The number of primary sulfonamides is 1. The number of nitrogens with two attached hydrogens (primary N) is 1. The van der Waals surface area contributed by atoms with Crippen LogP contribution in [-0.4, -0.2) is 42.6 Å². The van der Waals surface area contributed by atoms with Gasteiger partial charge in [-0.1, -0.05) is 0 Å². The maximum Gasteiger partial charge on any atom is 0.238 e. The summed E-state index contributed by atoms with van der Waals surface area (Å²) >= 11 is 11.8. The van der Waals surface area contributed by atoms with E-state index in [-0.39, 0.29) is 38.3 Å². The van der Waals surface area contributed by atoms with E-state index < -0.39 is 10.0 Å². The highest BCUT2D eigenvalue weighted by Gasteiger charge is 2.19. The number of hydrogen-bond acceptors (Lipinski definition) is 8. The highest BCUT2D eigenvalue weighted by molar-refractivity contribution is 7.89. The van der Waals surface area contributed by atoms with E-state index in [0.29, 0.717) is 11.1 Å². The standard InChI is InChI=1S/C16H13Cl2N5O4S/c1-26-11-6-20-15(17)22-13(11)8-3-9(5-10(4-8)28(19,24)25)14-12(27-2)7-21-16(18)23-14/h3-7H,1-2H3,(H2,19,24,25). The Bertz CT molecular complexity index is 1090. The topological polar surface area (TPSA) is 130 Å². The Labute approximate surface area is 170 Å². The smallest absolute Gasteiger partial charge is 0.238 e. The largest absolute Gasteiger partial charge is 0.493 e. The summed E-state index contributed by atoms with van der Waals surface area (Å²) < 4.78 is 34.6. The van der Waals surface area contributed by atoms with E-state index in [1.54, 1.807) is 6.07 Å². The number of sulfonamides is 1. The maximum atomic E-state index is 12.0. The predicted molar refractivity (Wildman–Crippen MR) is 103 cm³/mol. The predicted octanol–water partition coefficient (Wildman–Crippen LogP) is 2.57. The van der Waals surface area contributed by atoms with Crippen LogP contribution in [0.3, 0.4) is 0 Å². The van der Waals surface area contributed by atoms with Gasteiger partial charge in [-0.3, -0.25) is 0 Å². The normalized spacial score (nSPS) is 11.3. The molecule has 0 saturated carbocycles. The summed E-state index contributed by atoms with van der Waals surface area (Å²) in [5, 5.41) is 5.26. The van der Waals surface area contributed by atoms with Crippen LogP contribution in [-0.2, 0) is 10.0 Å². The molecule has 2 N–H and O–H groups in total. The second kappa shape index (κ2) is 7.84. The Morgan fingerprint density at radius 2 is 1.29 bits per heavy atom. The lowest BCUT2D eigenvalue weighted by atomic mass is 10.0. The van der Waals surface area contributed by atoms with Crippen molar-refractivity contribution in [3.05, 3.63) is 41.2 Å². The molecule has 2 aromatic heterocycles. The van der Waals surface area contributed by atoms with Crippen LogP contribution in [0.5, 0.6) is 11.5 Å². The number of rotatable bonds is 5. The molecule has 0 unspecified atom stereocenters. The Balaban J connectivity index is 2.34. The summed E-state index contributed by atoms with van der Waals surface area (Å²) in [6, 6.07) is 4.31. The first-order chi connectivity index (χ1) is 13.2. The van der Waals surface area contributed by atoms with Gasteiger partial charge < -0.3 is 9.47 Å². The molecule has 146 valence electrons. The average Bonchev–Trinajstić information content (AvgIpc) is 2.67. The van der Waals surface area contributed by atoms with Crippen LogP contribution in [0.4, 0.5) is 0 Å². The van der Waals surface area contributed by atoms with Crippen LogP contribution in [0.2, 0.25) is 10.6 Å². The minimum absolute atomic E-state index is 0.0407. The Kier molecular flexibility index (Phi) is 5.66. The van der Waals surface area contributed by atoms with Gasteiger partial charge in [-0.05, 0) is 41.4 Å². The summed E-state index contributed by atoms with van der Waals surface area (Å²) in [7, 11) is -1.21. The molecule has 12 heteroatoms. The highest BCUT2D eigenvalue weighted by Crippen LogP contribution is 2.36. The minimum Gasteiger partial charge on any atom is -0.493 e. The van der Waals surface area contributed by atoms with Crippen molar-refractivity contribution in [2.45, 2.75) is 4.90 Å². The quantitative estimate of drug-likeness (QED) is 0.597. The first kappa shape index (κ1) is 20.2. The molecule has 0 aliphatic carbocycles. The second-order valence-electron chi connectivity index (χ2n) is 5.40. The second-order valence-corrected chi connectivity index (χ2v) is 7.64. The zero-order valence-corrected chi connectivity index (χ0v) is 16.9. The van der Waals surface area contributed by atoms with Crippen LogP contribution in [0.25, 0.3) is 22.5 Å². The van der Waals surface area contributed by atoms with E-state index in [2.05, 4.69) is 19.9 Å². The van der Waals surface area contributed by atoms with Crippen molar-refractivity contribution in [1.29, 1.82) is 0 Å². The van der Waals surface area contributed by atoms with Gasteiger partial charge in [0, 0.05) is 11.1 Å². The summed E-state index contributed by atoms with van der Waals surface area (Å²) in [6.45, 7) is 0. The van der Waals surface area contributed by atoms with E-state index >= 15 is 0 Å². The number of ether oxygens (including phenoxy) is 2. The fraction of sp³-hybridized carbons (Fsp3) is 0.125. The fourth-order valence-electron chi connectivity index (χ4n) is 2.45. The first-order valence-corrected chi connectivity index (χ1v) is 9.85. The third kappa shape index (κ3) is 4.14. The third-order valence-electron chi connectivity index (χ3n) is 3.67. The van der Waals surface area contributed by atoms with Crippen molar-refractivity contribution in [2.24, 2.45) is 5.14 Å². The zero-order valence-electron chi connectivity index (χ0n) is 14.6. The molecule has 1 aromatic carbocycles. The van der Waals surface area contributed by atoms with Gasteiger partial charge in [-0.2, -0.15) is 0 Å². The molecule has 0 saturated heterocycles. The lowest BCUT2D eigenvalue weighted by Crippen LogP contribution is -2.12. The molecular formula is C16H13Cl2N5O4S. The minimum atomic E-state index is -4.06. The van der Waals surface area contributed by atoms with Crippen LogP contribution < -0.4 is 14.6 Å². The van der Waals surface area contributed by atoms with Crippen molar-refractivity contribution in [3.8, 4) is 34.0 Å². The highest BCUT2D eigenvalue weighted by atomic mass is 35.5. The molecule has 9 nitrogen and oxygen atoms in total. The van der Waals surface area contributed by atoms with Crippen LogP contribution in [0.1, 0.15) is 0 Å². The maximum absolute atomic E-state index is 12.0. The van der Waals surface area contributed by atoms with E-state index in [9.17, 15) is 8.42 Å². The number of methoxy groups -OCH3 is 2. The first-order valence-electron chi connectivity index (χ1n) is 7.54. The Morgan fingerprint density at radius 1 is 0.857 bits per heavy atom. The van der Waals surface area contributed by atoms with Crippen LogP contribution >= 0.6 is 23.2 Å². The molecule has 0 bridgehead atoms. The number of halogens is 2. The average molecular weight is 442 g/mol. The van der Waals surface area contributed by atoms with Gasteiger partial charge in [0.05, 0.1) is 31.5 Å². The van der Waals surface area contributed by atoms with Gasteiger partial charge in [0.2, 0.25) is 20.6 Å². The molecule has 0 atom stereocenters. The molecule has 0 fully saturated rings. The van der Waals surface area contributed by atoms with Gasteiger partial charge >= 0.3 is 0 Å². The Hall–Kier alpha value is -2.53. The van der Waals surface area contributed by atoms with Gasteiger partial charge in [0.25, 0.3) is 0 Å². The van der Waals surface area contributed by atoms with Crippen molar-refractivity contribution < 1.29 is 17.9 Å². The van der Waals surface area contributed by atoms with Crippen molar-refractivity contribution >= 4 is 33.2 Å². The van der Waals surface area contributed by atoms with Crippen LogP contribution in [0, 0.1) is 0 Å². The Morgan fingerprint density at radius 3 is 1.64 bits per heavy atom. The number of hydrogen-bond donors (Lipinski definition) is 1. The van der Waals surface area contributed by atoms with Crippen molar-refractivity contribution in [1.82, 2.24) is 19.9 Å². The molecule has 3 rings (SSSR count). The molecule has 0 aliphatic rings. The molecule has 28 heavy (non-hydrogen) atoms. The monoisotopic (exact) mass is 441 g/mol. The molecular weight excluding hydrogens is 429 g/mol. The molecule has 2 heterocycles. The number of aromatic nitrogens is 4. The van der Waals surface area contributed by atoms with Gasteiger partial charge in [0.15, 0.2) is 11.5 Å². The molecule has 0 aliphatic heterocycles. The summed E-state index contributed by atoms with van der Waals surface area (Å²) in [5.74, 6) is 0.573.